The molecule has 274 valence electrons. The summed E-state index contributed by atoms with van der Waals surface area (Å²) >= 11 is 0. The number of nitrogens with zero attached hydrogens (tertiary/aromatic N) is 1. The van der Waals surface area contributed by atoms with Crippen LogP contribution in [0.4, 0.5) is 0 Å². The second-order valence-corrected chi connectivity index (χ2v) is 17.5. The minimum absolute atomic E-state index is 0. The Bertz CT molecular complexity index is 1110. The van der Waals surface area contributed by atoms with Gasteiger partial charge in [0.2, 0.25) is 0 Å². The van der Waals surface area contributed by atoms with Crippen molar-refractivity contribution in [2.24, 2.45) is 32.5 Å². The van der Waals surface area contributed by atoms with Gasteiger partial charge in [-0.25, -0.2) is 0 Å². The van der Waals surface area contributed by atoms with Gasteiger partial charge in [0.25, 0.3) is 0 Å². The van der Waals surface area contributed by atoms with Crippen molar-refractivity contribution in [2.75, 3.05) is 0 Å². The second-order valence-electron chi connectivity index (χ2n) is 17.5. The number of aromatic nitrogens is 1. The fourth-order valence-corrected chi connectivity index (χ4v) is 2.16. The van der Waals surface area contributed by atoms with Crippen LogP contribution in [0.3, 0.4) is 0 Å². The van der Waals surface area contributed by atoms with Gasteiger partial charge in [-0.15, -0.1) is 11.5 Å². The number of ketones is 4. The number of hydrogen-bond donors (Lipinski definition) is 0. The summed E-state index contributed by atoms with van der Waals surface area (Å²) in [7, 11) is 0. The summed E-state index contributed by atoms with van der Waals surface area (Å²) in [6.45, 7) is 32.7. The Balaban J connectivity index is -0.000000265. The SMILES string of the molecule is CC(C)(C)C(=O)/C=C(\[O-])C(C)(C)C.CC(C)(C)C(=O)/C=C(\[O-])C(C)(C)C.CC(C)(C)C(=O)CC(=O)C(C)(C)C.[Dy].[O-][n+]1ccccc1. The normalized spacial score (nSPS) is 12.8. The van der Waals surface area contributed by atoms with Gasteiger partial charge < -0.3 is 15.4 Å². The average molecular weight is 808 g/mol. The van der Waals surface area contributed by atoms with Crippen LogP contribution in [-0.2, 0) is 19.2 Å². The number of carbonyl (C=O) groups excluding carboxylic acids is 4. The Labute approximate surface area is 316 Å². The number of hydrogen-bond acceptors (Lipinski definition) is 7. The summed E-state index contributed by atoms with van der Waals surface area (Å²) in [6, 6.07) is 5.18. The van der Waals surface area contributed by atoms with Crippen molar-refractivity contribution in [3.05, 3.63) is 59.5 Å². The van der Waals surface area contributed by atoms with Crippen LogP contribution in [0.5, 0.6) is 0 Å². The summed E-state index contributed by atoms with van der Waals surface area (Å²) in [6.07, 6.45) is 5.40. The number of carbonyl (C=O) groups is 4. The van der Waals surface area contributed by atoms with Gasteiger partial charge in [0.05, 0.1) is 6.42 Å². The van der Waals surface area contributed by atoms with Crippen LogP contribution in [0.1, 0.15) is 131 Å². The first kappa shape index (κ1) is 51.8. The first-order chi connectivity index (χ1) is 20.0. The molecule has 1 aromatic rings. The molecule has 0 saturated carbocycles. The molecule has 0 unspecified atom stereocenters. The number of rotatable bonds is 4. The molecule has 0 amide bonds. The Morgan fingerprint density at radius 2 is 0.745 bits per heavy atom. The summed E-state index contributed by atoms with van der Waals surface area (Å²) in [5.74, 6) is -0.375. The molecule has 0 bridgehead atoms. The predicted octanol–water partition coefficient (Wildman–Crippen LogP) is 6.71. The van der Waals surface area contributed by atoms with Crippen LogP contribution in [0, 0.1) is 75.9 Å². The molecule has 0 radical (unpaired) electrons. The average Bonchev–Trinajstić information content (AvgIpc) is 2.82. The zero-order valence-electron chi connectivity index (χ0n) is 32.4. The molecule has 47 heavy (non-hydrogen) atoms. The maximum Gasteiger partial charge on any atom is 0.180 e. The van der Waals surface area contributed by atoms with E-state index in [4.69, 9.17) is 0 Å². The molecule has 0 N–H and O–H groups in total. The predicted molar refractivity (Wildman–Crippen MR) is 183 cm³/mol. The topological polar surface area (TPSA) is 141 Å². The standard InChI is InChI=1S/3C11H20O2.C5H5NO.Dy/c3*1-10(2,3)8(12)7-9(13)11(4,5)6;7-6-4-2-1-3-5-6;/h7H2,1-6H3;2*7,12H,1-6H3;1-5H;/p-2/b;2*8-7-;;. The monoisotopic (exact) mass is 809 g/mol. The zero-order valence-corrected chi connectivity index (χ0v) is 34.4. The molecule has 0 fully saturated rings. The van der Waals surface area contributed by atoms with Crippen molar-refractivity contribution in [2.45, 2.75) is 131 Å². The number of Topliss-reactive ketones (excluding diaryl/α,β-unsaturated/α-hetero) is 2. The fourth-order valence-electron chi connectivity index (χ4n) is 2.16. The third kappa shape index (κ3) is 26.6. The molecule has 1 aromatic heterocycles. The van der Waals surface area contributed by atoms with Crippen molar-refractivity contribution in [1.82, 2.24) is 0 Å². The van der Waals surface area contributed by atoms with Crippen molar-refractivity contribution in [1.29, 1.82) is 0 Å². The smallest absolute Gasteiger partial charge is 0.180 e. The number of pyridine rings is 1. The van der Waals surface area contributed by atoms with E-state index in [1.807, 2.05) is 125 Å². The largest absolute Gasteiger partial charge is 0.875 e. The van der Waals surface area contributed by atoms with Gasteiger partial charge in [-0.05, 0) is 23.0 Å². The zero-order chi connectivity index (χ0) is 37.7. The van der Waals surface area contributed by atoms with E-state index in [0.29, 0.717) is 0 Å². The van der Waals surface area contributed by atoms with Crippen LogP contribution in [0.15, 0.2) is 54.3 Å². The Morgan fingerprint density at radius 3 is 0.894 bits per heavy atom. The van der Waals surface area contributed by atoms with Crippen LogP contribution in [0.2, 0.25) is 0 Å². The van der Waals surface area contributed by atoms with Gasteiger partial charge in [0, 0.05) is 72.0 Å². The van der Waals surface area contributed by atoms with Crippen LogP contribution in [0.25, 0.3) is 0 Å². The molecule has 0 atom stereocenters. The van der Waals surface area contributed by atoms with Crippen molar-refractivity contribution < 1.29 is 72.3 Å². The van der Waals surface area contributed by atoms with E-state index < -0.39 is 32.5 Å². The van der Waals surface area contributed by atoms with E-state index in [0.717, 1.165) is 4.73 Å². The van der Waals surface area contributed by atoms with Crippen molar-refractivity contribution in [3.63, 3.8) is 0 Å². The molecule has 0 aliphatic rings. The Kier molecular flexibility index (Phi) is 22.6. The quantitative estimate of drug-likeness (QED) is 0.108. The maximum atomic E-state index is 11.5. The summed E-state index contributed by atoms with van der Waals surface area (Å²) < 4.78 is 0.750. The molecule has 0 spiro atoms. The molecule has 1 rings (SSSR count). The van der Waals surface area contributed by atoms with Crippen molar-refractivity contribution in [3.8, 4) is 0 Å². The van der Waals surface area contributed by atoms with Crippen LogP contribution >= 0.6 is 0 Å². The molecular formula is C38H63DyNO7-2. The third-order valence-corrected chi connectivity index (χ3v) is 6.16. The first-order valence-electron chi connectivity index (χ1n) is 15.6. The molecule has 1 heterocycles. The van der Waals surface area contributed by atoms with E-state index in [9.17, 15) is 34.6 Å². The Morgan fingerprint density at radius 1 is 0.489 bits per heavy atom. The minimum Gasteiger partial charge on any atom is -0.875 e. The third-order valence-electron chi connectivity index (χ3n) is 6.16. The first-order valence-corrected chi connectivity index (χ1v) is 15.6. The molecular weight excluding hydrogens is 745 g/mol. The van der Waals surface area contributed by atoms with Gasteiger partial charge in [-0.3, -0.25) is 19.2 Å². The summed E-state index contributed by atoms with van der Waals surface area (Å²) in [4.78, 5) is 45.9. The van der Waals surface area contributed by atoms with Crippen LogP contribution < -0.4 is 14.9 Å². The minimum atomic E-state index is -0.457. The van der Waals surface area contributed by atoms with Crippen molar-refractivity contribution >= 4 is 23.1 Å². The molecule has 0 aromatic carbocycles. The molecule has 0 saturated heterocycles. The van der Waals surface area contributed by atoms with Gasteiger partial charge in [-0.2, -0.15) is 4.73 Å². The van der Waals surface area contributed by atoms with Gasteiger partial charge in [0.15, 0.2) is 24.0 Å². The second kappa shape index (κ2) is 20.5. The fraction of sp³-hybridized carbons (Fsp3) is 0.658. The van der Waals surface area contributed by atoms with Gasteiger partial charge in [-0.1, -0.05) is 131 Å². The molecule has 8 nitrogen and oxygen atoms in total. The van der Waals surface area contributed by atoms with E-state index >= 15 is 0 Å². The van der Waals surface area contributed by atoms with E-state index in [1.54, 1.807) is 18.2 Å². The molecule has 0 aliphatic carbocycles. The van der Waals surface area contributed by atoms with Gasteiger partial charge >= 0.3 is 0 Å². The van der Waals surface area contributed by atoms with E-state index in [2.05, 4.69) is 0 Å². The summed E-state index contributed by atoms with van der Waals surface area (Å²) in [5.41, 5.74) is -2.63. The van der Waals surface area contributed by atoms with E-state index in [-0.39, 0.29) is 79.2 Å². The maximum absolute atomic E-state index is 11.5. The molecule has 9 heteroatoms. The van der Waals surface area contributed by atoms with E-state index in [1.165, 1.54) is 24.5 Å². The molecule has 0 aliphatic heterocycles. The van der Waals surface area contributed by atoms with Crippen LogP contribution in [-0.4, -0.2) is 23.1 Å². The van der Waals surface area contributed by atoms with Gasteiger partial charge in [0.1, 0.15) is 11.6 Å². The summed E-state index contributed by atoms with van der Waals surface area (Å²) in [5, 5.41) is 33.1. The number of allylic oxidation sites excluding steroid dienone is 4. The Hall–Kier alpha value is -2.02.